The molecule has 0 aromatic heterocycles. The Morgan fingerprint density at radius 1 is 0.902 bits per heavy atom. The third-order valence-corrected chi connectivity index (χ3v) is 6.94. The SMILES string of the molecule is Cc1cccc(NC(=O)N[C@H](CCC(=O)OCc2ccccc2)C(=O)N2CCC(NC(=O)c3ccccc3)CC2)c1. The number of benzene rings is 3. The second kappa shape index (κ2) is 14.6. The van der Waals surface area contributed by atoms with E-state index in [-0.39, 0.29) is 37.3 Å². The van der Waals surface area contributed by atoms with Crippen LogP contribution in [0, 0.1) is 6.92 Å². The van der Waals surface area contributed by atoms with Crippen LogP contribution in [0.15, 0.2) is 84.9 Å². The number of rotatable bonds is 10. The number of urea groups is 1. The van der Waals surface area contributed by atoms with Crippen molar-refractivity contribution in [3.05, 3.63) is 102 Å². The predicted molar refractivity (Wildman–Crippen MR) is 156 cm³/mol. The zero-order valence-corrected chi connectivity index (χ0v) is 23.2. The summed E-state index contributed by atoms with van der Waals surface area (Å²) in [6, 6.07) is 24.2. The normalized spacial score (nSPS) is 14.0. The van der Waals surface area contributed by atoms with Gasteiger partial charge in [0.2, 0.25) is 5.91 Å². The van der Waals surface area contributed by atoms with Crippen molar-refractivity contribution >= 4 is 29.5 Å². The summed E-state index contributed by atoms with van der Waals surface area (Å²) in [4.78, 5) is 53.0. The quantitative estimate of drug-likeness (QED) is 0.320. The minimum atomic E-state index is -0.917. The van der Waals surface area contributed by atoms with Gasteiger partial charge in [0.1, 0.15) is 12.6 Å². The molecule has 4 rings (SSSR count). The highest BCUT2D eigenvalue weighted by atomic mass is 16.5. The van der Waals surface area contributed by atoms with Gasteiger partial charge < -0.3 is 25.6 Å². The molecule has 0 saturated carbocycles. The minimum absolute atomic E-state index is 0.0302. The van der Waals surface area contributed by atoms with Gasteiger partial charge in [-0.2, -0.15) is 0 Å². The molecule has 3 N–H and O–H groups in total. The molecule has 9 heteroatoms. The molecule has 0 aliphatic carbocycles. The van der Waals surface area contributed by atoms with E-state index in [1.807, 2.05) is 73.7 Å². The van der Waals surface area contributed by atoms with Gasteiger partial charge in [-0.3, -0.25) is 14.4 Å². The first-order valence-electron chi connectivity index (χ1n) is 13.9. The van der Waals surface area contributed by atoms with E-state index < -0.39 is 18.0 Å². The fraction of sp³-hybridized carbons (Fsp3) is 0.312. The van der Waals surface area contributed by atoms with Gasteiger partial charge in [0.05, 0.1) is 0 Å². The van der Waals surface area contributed by atoms with Gasteiger partial charge in [-0.1, -0.05) is 60.7 Å². The Morgan fingerprint density at radius 3 is 2.27 bits per heavy atom. The molecule has 0 unspecified atom stereocenters. The van der Waals surface area contributed by atoms with E-state index in [2.05, 4.69) is 16.0 Å². The number of piperidine rings is 1. The van der Waals surface area contributed by atoms with Crippen molar-refractivity contribution < 1.29 is 23.9 Å². The number of anilines is 1. The predicted octanol–water partition coefficient (Wildman–Crippen LogP) is 4.43. The molecule has 9 nitrogen and oxygen atoms in total. The molecule has 1 heterocycles. The van der Waals surface area contributed by atoms with Crippen LogP contribution in [0.4, 0.5) is 10.5 Å². The second-order valence-corrected chi connectivity index (χ2v) is 10.1. The van der Waals surface area contributed by atoms with E-state index in [1.54, 1.807) is 23.1 Å². The standard InChI is InChI=1S/C32H36N4O5/c1-23-9-8-14-27(21-23)34-32(40)35-28(15-16-29(37)41-22-24-10-4-2-5-11-24)31(39)36-19-17-26(18-20-36)33-30(38)25-12-6-3-7-13-25/h2-14,21,26,28H,15-20,22H2,1H3,(H,33,38)(H2,34,35,40)/t28-/m1/s1. The van der Waals surface area contributed by atoms with E-state index in [4.69, 9.17) is 4.74 Å². The Labute approximate surface area is 240 Å². The number of esters is 1. The van der Waals surface area contributed by atoms with E-state index in [0.717, 1.165) is 11.1 Å². The van der Waals surface area contributed by atoms with Crippen LogP contribution in [0.1, 0.15) is 47.2 Å². The zero-order chi connectivity index (χ0) is 29.0. The van der Waals surface area contributed by atoms with Crippen LogP contribution in [-0.2, 0) is 20.9 Å². The van der Waals surface area contributed by atoms with Gasteiger partial charge in [0, 0.05) is 36.8 Å². The molecule has 3 aromatic rings. The zero-order valence-electron chi connectivity index (χ0n) is 23.2. The molecule has 1 saturated heterocycles. The van der Waals surface area contributed by atoms with Crippen molar-refractivity contribution in [3.8, 4) is 0 Å². The van der Waals surface area contributed by atoms with Crippen LogP contribution in [0.2, 0.25) is 0 Å². The Bertz CT molecular complexity index is 1320. The summed E-state index contributed by atoms with van der Waals surface area (Å²) < 4.78 is 5.37. The number of likely N-dealkylation sites (tertiary alicyclic amines) is 1. The van der Waals surface area contributed by atoms with Crippen molar-refractivity contribution in [2.45, 2.75) is 51.3 Å². The molecular weight excluding hydrogens is 520 g/mol. The highest BCUT2D eigenvalue weighted by Gasteiger charge is 2.30. The first-order chi connectivity index (χ1) is 19.9. The maximum atomic E-state index is 13.5. The van der Waals surface area contributed by atoms with Crippen molar-refractivity contribution in [1.82, 2.24) is 15.5 Å². The first kappa shape index (κ1) is 29.3. The van der Waals surface area contributed by atoms with Crippen LogP contribution >= 0.6 is 0 Å². The van der Waals surface area contributed by atoms with Gasteiger partial charge in [0.15, 0.2) is 0 Å². The number of nitrogens with one attached hydrogen (secondary N) is 3. The maximum Gasteiger partial charge on any atom is 0.319 e. The number of amides is 4. The monoisotopic (exact) mass is 556 g/mol. The molecule has 0 bridgehead atoms. The van der Waals surface area contributed by atoms with Gasteiger partial charge in [0.25, 0.3) is 5.91 Å². The molecule has 41 heavy (non-hydrogen) atoms. The summed E-state index contributed by atoms with van der Waals surface area (Å²) >= 11 is 0. The largest absolute Gasteiger partial charge is 0.461 e. The van der Waals surface area contributed by atoms with Crippen molar-refractivity contribution in [3.63, 3.8) is 0 Å². The lowest BCUT2D eigenvalue weighted by Crippen LogP contribution is -2.53. The summed E-state index contributed by atoms with van der Waals surface area (Å²) in [5, 5.41) is 8.56. The van der Waals surface area contributed by atoms with Gasteiger partial charge in [-0.25, -0.2) is 4.79 Å². The lowest BCUT2D eigenvalue weighted by molar-refractivity contribution is -0.145. The topological polar surface area (TPSA) is 117 Å². The average molecular weight is 557 g/mol. The van der Waals surface area contributed by atoms with Gasteiger partial charge in [-0.05, 0) is 61.6 Å². The Hall–Kier alpha value is -4.66. The second-order valence-electron chi connectivity index (χ2n) is 10.1. The van der Waals surface area contributed by atoms with Crippen LogP contribution in [-0.4, -0.2) is 53.9 Å². The van der Waals surface area contributed by atoms with Crippen LogP contribution in [0.5, 0.6) is 0 Å². The number of carbonyl (C=O) groups is 4. The third kappa shape index (κ3) is 9.20. The molecule has 0 radical (unpaired) electrons. The molecule has 0 spiro atoms. The summed E-state index contributed by atoms with van der Waals surface area (Å²) in [5.41, 5.74) is 3.05. The Morgan fingerprint density at radius 2 is 1.59 bits per heavy atom. The van der Waals surface area contributed by atoms with Crippen LogP contribution in [0.25, 0.3) is 0 Å². The number of nitrogens with zero attached hydrogens (tertiary/aromatic N) is 1. The van der Waals surface area contributed by atoms with Gasteiger partial charge in [-0.15, -0.1) is 0 Å². The molecule has 4 amide bonds. The molecule has 1 atom stereocenters. The number of hydrogen-bond donors (Lipinski definition) is 3. The Kier molecular flexibility index (Phi) is 10.5. The number of aryl methyl sites for hydroxylation is 1. The van der Waals surface area contributed by atoms with Gasteiger partial charge >= 0.3 is 12.0 Å². The minimum Gasteiger partial charge on any atom is -0.461 e. The fourth-order valence-corrected chi connectivity index (χ4v) is 4.70. The lowest BCUT2D eigenvalue weighted by atomic mass is 10.0. The van der Waals surface area contributed by atoms with E-state index >= 15 is 0 Å². The number of carbonyl (C=O) groups excluding carboxylic acids is 4. The van der Waals surface area contributed by atoms with Crippen molar-refractivity contribution in [2.75, 3.05) is 18.4 Å². The van der Waals surface area contributed by atoms with E-state index in [0.29, 0.717) is 37.2 Å². The summed E-state index contributed by atoms with van der Waals surface area (Å²) in [5.74, 6) is -0.861. The van der Waals surface area contributed by atoms with Crippen molar-refractivity contribution in [2.24, 2.45) is 0 Å². The molecule has 214 valence electrons. The first-order valence-corrected chi connectivity index (χ1v) is 13.9. The smallest absolute Gasteiger partial charge is 0.319 e. The number of ether oxygens (including phenoxy) is 1. The fourth-order valence-electron chi connectivity index (χ4n) is 4.70. The third-order valence-electron chi connectivity index (χ3n) is 6.94. The maximum absolute atomic E-state index is 13.5. The van der Waals surface area contributed by atoms with Crippen LogP contribution < -0.4 is 16.0 Å². The molecule has 1 aliphatic rings. The molecule has 3 aromatic carbocycles. The van der Waals surface area contributed by atoms with Crippen molar-refractivity contribution in [1.29, 1.82) is 0 Å². The summed E-state index contributed by atoms with van der Waals surface area (Å²) in [6.07, 6.45) is 1.24. The molecule has 1 fully saturated rings. The summed E-state index contributed by atoms with van der Waals surface area (Å²) in [6.45, 7) is 2.91. The molecule has 1 aliphatic heterocycles. The number of hydrogen-bond acceptors (Lipinski definition) is 5. The average Bonchev–Trinajstić information content (AvgIpc) is 2.99. The Balaban J connectivity index is 1.33. The molecular formula is C32H36N4O5. The van der Waals surface area contributed by atoms with E-state index in [1.165, 1.54) is 0 Å². The highest BCUT2D eigenvalue weighted by molar-refractivity contribution is 5.95. The van der Waals surface area contributed by atoms with E-state index in [9.17, 15) is 19.2 Å². The lowest BCUT2D eigenvalue weighted by Gasteiger charge is -2.34. The summed E-state index contributed by atoms with van der Waals surface area (Å²) in [7, 11) is 0. The highest BCUT2D eigenvalue weighted by Crippen LogP contribution is 2.16. The van der Waals surface area contributed by atoms with Crippen LogP contribution in [0.3, 0.4) is 0 Å².